The maximum Gasteiger partial charge on any atom is 0.254 e. The molecule has 0 aromatic heterocycles. The molecule has 0 saturated carbocycles. The van der Waals surface area contributed by atoms with Crippen LogP contribution in [0.3, 0.4) is 0 Å². The summed E-state index contributed by atoms with van der Waals surface area (Å²) < 4.78 is 0. The van der Waals surface area contributed by atoms with Crippen molar-refractivity contribution in [1.82, 2.24) is 4.90 Å². The van der Waals surface area contributed by atoms with Crippen LogP contribution in [0.5, 0.6) is 0 Å². The Morgan fingerprint density at radius 3 is 2.16 bits per heavy atom. The van der Waals surface area contributed by atoms with Gasteiger partial charge in [0.2, 0.25) is 5.91 Å². The van der Waals surface area contributed by atoms with E-state index in [9.17, 15) is 14.4 Å². The first-order valence-corrected chi connectivity index (χ1v) is 8.08. The van der Waals surface area contributed by atoms with Crippen molar-refractivity contribution in [3.05, 3.63) is 77.3 Å². The lowest BCUT2D eigenvalue weighted by atomic mass is 10.0. The standard InChI is InChI=1S/C19H15ClN2O3/c20-14-8-6-13(7-9-14)12-16(22-17(23)10-11-18(22)24)19(25)21-15-4-2-1-3-5-15/h1-11,16H,12H2,(H,21,25). The third-order valence-electron chi connectivity index (χ3n) is 3.84. The smallest absolute Gasteiger partial charge is 0.254 e. The van der Waals surface area contributed by atoms with Crippen LogP contribution >= 0.6 is 11.6 Å². The molecule has 5 nitrogen and oxygen atoms in total. The number of hydrogen-bond donors (Lipinski definition) is 1. The Hall–Kier alpha value is -2.92. The van der Waals surface area contributed by atoms with Gasteiger partial charge in [-0.05, 0) is 29.8 Å². The van der Waals surface area contributed by atoms with Gasteiger partial charge >= 0.3 is 0 Å². The molecule has 2 aromatic rings. The summed E-state index contributed by atoms with van der Waals surface area (Å²) in [6, 6.07) is 14.9. The summed E-state index contributed by atoms with van der Waals surface area (Å²) in [4.78, 5) is 37.8. The normalized spacial score (nSPS) is 14.7. The number of carbonyl (C=O) groups excluding carboxylic acids is 3. The second kappa shape index (κ2) is 7.32. The molecule has 0 radical (unpaired) electrons. The highest BCUT2D eigenvalue weighted by Crippen LogP contribution is 2.18. The summed E-state index contributed by atoms with van der Waals surface area (Å²) in [6.07, 6.45) is 2.55. The van der Waals surface area contributed by atoms with Crippen molar-refractivity contribution in [2.45, 2.75) is 12.5 Å². The van der Waals surface area contributed by atoms with E-state index >= 15 is 0 Å². The summed E-state index contributed by atoms with van der Waals surface area (Å²) in [5.41, 5.74) is 1.39. The zero-order valence-corrected chi connectivity index (χ0v) is 13.9. The lowest BCUT2D eigenvalue weighted by Crippen LogP contribution is -2.48. The molecule has 1 heterocycles. The molecule has 25 heavy (non-hydrogen) atoms. The van der Waals surface area contributed by atoms with Crippen molar-refractivity contribution in [2.24, 2.45) is 0 Å². The maximum atomic E-state index is 12.8. The largest absolute Gasteiger partial charge is 0.324 e. The number of amides is 3. The van der Waals surface area contributed by atoms with Crippen LogP contribution in [0, 0.1) is 0 Å². The molecule has 1 atom stereocenters. The third kappa shape index (κ3) is 3.95. The number of para-hydroxylation sites is 1. The van der Waals surface area contributed by atoms with Gasteiger partial charge in [-0.3, -0.25) is 19.3 Å². The SMILES string of the molecule is O=C(Nc1ccccc1)C(Cc1ccc(Cl)cc1)N1C(=O)C=CC1=O. The molecule has 1 aliphatic heterocycles. The Balaban J connectivity index is 1.85. The highest BCUT2D eigenvalue weighted by Gasteiger charge is 2.35. The van der Waals surface area contributed by atoms with E-state index in [0.29, 0.717) is 10.7 Å². The summed E-state index contributed by atoms with van der Waals surface area (Å²) in [7, 11) is 0. The molecule has 3 amide bonds. The van der Waals surface area contributed by atoms with Gasteiger partial charge in [-0.2, -0.15) is 0 Å². The second-order valence-corrected chi connectivity index (χ2v) is 6.02. The predicted molar refractivity (Wildman–Crippen MR) is 95.0 cm³/mol. The van der Waals surface area contributed by atoms with E-state index in [1.807, 2.05) is 6.07 Å². The zero-order chi connectivity index (χ0) is 17.8. The number of nitrogens with zero attached hydrogens (tertiary/aromatic N) is 1. The maximum absolute atomic E-state index is 12.8. The van der Waals surface area contributed by atoms with Crippen LogP contribution in [-0.4, -0.2) is 28.7 Å². The van der Waals surface area contributed by atoms with Crippen LogP contribution in [0.15, 0.2) is 66.7 Å². The van der Waals surface area contributed by atoms with E-state index in [4.69, 9.17) is 11.6 Å². The van der Waals surface area contributed by atoms with Gasteiger partial charge in [-0.15, -0.1) is 0 Å². The molecule has 0 fully saturated rings. The van der Waals surface area contributed by atoms with Crippen LogP contribution in [0.25, 0.3) is 0 Å². The van der Waals surface area contributed by atoms with Gasteiger partial charge in [0.1, 0.15) is 6.04 Å². The van der Waals surface area contributed by atoms with Crippen molar-refractivity contribution in [1.29, 1.82) is 0 Å². The Morgan fingerprint density at radius 2 is 1.56 bits per heavy atom. The molecule has 1 aliphatic rings. The summed E-state index contributed by atoms with van der Waals surface area (Å²) >= 11 is 5.88. The van der Waals surface area contributed by atoms with E-state index in [0.717, 1.165) is 10.5 Å². The van der Waals surface area contributed by atoms with E-state index in [-0.39, 0.29) is 6.42 Å². The number of hydrogen-bond acceptors (Lipinski definition) is 3. The Bertz CT molecular complexity index is 814. The molecule has 0 saturated heterocycles. The molecule has 2 aromatic carbocycles. The quantitative estimate of drug-likeness (QED) is 0.840. The fraction of sp³-hybridized carbons (Fsp3) is 0.105. The Kier molecular flexibility index (Phi) is 4.95. The van der Waals surface area contributed by atoms with Gasteiger partial charge in [0, 0.05) is 29.3 Å². The Morgan fingerprint density at radius 1 is 0.960 bits per heavy atom. The van der Waals surface area contributed by atoms with Crippen LogP contribution in [0.2, 0.25) is 5.02 Å². The summed E-state index contributed by atoms with van der Waals surface area (Å²) in [5, 5.41) is 3.33. The fourth-order valence-electron chi connectivity index (χ4n) is 2.61. The van der Waals surface area contributed by atoms with Crippen LogP contribution in [-0.2, 0) is 20.8 Å². The fourth-order valence-corrected chi connectivity index (χ4v) is 2.74. The molecule has 126 valence electrons. The van der Waals surface area contributed by atoms with Gasteiger partial charge < -0.3 is 5.32 Å². The average molecular weight is 355 g/mol. The topological polar surface area (TPSA) is 66.5 Å². The average Bonchev–Trinajstić information content (AvgIpc) is 2.94. The number of benzene rings is 2. The van der Waals surface area contributed by atoms with Gasteiger partial charge in [0.05, 0.1) is 0 Å². The monoisotopic (exact) mass is 354 g/mol. The molecule has 0 aliphatic carbocycles. The number of carbonyl (C=O) groups is 3. The minimum atomic E-state index is -0.948. The molecular formula is C19H15ClN2O3. The summed E-state index contributed by atoms with van der Waals surface area (Å²) in [5.74, 6) is -1.41. The van der Waals surface area contributed by atoms with Gasteiger partial charge in [0.25, 0.3) is 11.8 Å². The number of anilines is 1. The molecule has 6 heteroatoms. The van der Waals surface area contributed by atoms with Crippen LogP contribution in [0.4, 0.5) is 5.69 Å². The molecular weight excluding hydrogens is 340 g/mol. The highest BCUT2D eigenvalue weighted by molar-refractivity contribution is 6.30. The molecule has 0 bridgehead atoms. The van der Waals surface area contributed by atoms with Crippen molar-refractivity contribution < 1.29 is 14.4 Å². The molecule has 1 N–H and O–H groups in total. The summed E-state index contributed by atoms with van der Waals surface area (Å²) in [6.45, 7) is 0. The van der Waals surface area contributed by atoms with E-state index in [1.165, 1.54) is 12.2 Å². The first-order chi connectivity index (χ1) is 12.0. The highest BCUT2D eigenvalue weighted by atomic mass is 35.5. The van der Waals surface area contributed by atoms with E-state index in [2.05, 4.69) is 5.32 Å². The third-order valence-corrected chi connectivity index (χ3v) is 4.09. The molecule has 1 unspecified atom stereocenters. The first-order valence-electron chi connectivity index (χ1n) is 7.70. The Labute approximate surface area is 149 Å². The minimum absolute atomic E-state index is 0.203. The number of rotatable bonds is 5. The van der Waals surface area contributed by atoms with Crippen LogP contribution in [0.1, 0.15) is 5.56 Å². The van der Waals surface area contributed by atoms with Crippen molar-refractivity contribution in [3.63, 3.8) is 0 Å². The number of halogens is 1. The van der Waals surface area contributed by atoms with Crippen molar-refractivity contribution in [2.75, 3.05) is 5.32 Å². The van der Waals surface area contributed by atoms with Gasteiger partial charge in [-0.1, -0.05) is 41.9 Å². The van der Waals surface area contributed by atoms with Gasteiger partial charge in [0.15, 0.2) is 0 Å². The lowest BCUT2D eigenvalue weighted by molar-refractivity contribution is -0.143. The zero-order valence-electron chi connectivity index (χ0n) is 13.2. The first kappa shape index (κ1) is 16.9. The van der Waals surface area contributed by atoms with E-state index in [1.54, 1.807) is 48.5 Å². The van der Waals surface area contributed by atoms with Crippen molar-refractivity contribution in [3.8, 4) is 0 Å². The lowest BCUT2D eigenvalue weighted by Gasteiger charge is -2.25. The van der Waals surface area contributed by atoms with Crippen molar-refractivity contribution >= 4 is 35.0 Å². The number of nitrogens with one attached hydrogen (secondary N) is 1. The molecule has 0 spiro atoms. The molecule has 3 rings (SSSR count). The minimum Gasteiger partial charge on any atom is -0.324 e. The van der Waals surface area contributed by atoms with Crippen LogP contribution < -0.4 is 5.32 Å². The predicted octanol–water partition coefficient (Wildman–Crippen LogP) is 2.81. The second-order valence-electron chi connectivity index (χ2n) is 5.58. The number of imide groups is 1. The van der Waals surface area contributed by atoms with E-state index < -0.39 is 23.8 Å². The van der Waals surface area contributed by atoms with Gasteiger partial charge in [-0.25, -0.2) is 0 Å².